The molecule has 0 spiro atoms. The Morgan fingerprint density at radius 3 is 2.65 bits per heavy atom. The molecule has 0 aliphatic heterocycles. The van der Waals surface area contributed by atoms with Crippen LogP contribution < -0.4 is 4.72 Å². The van der Waals surface area contributed by atoms with Crippen LogP contribution in [0, 0.1) is 19.3 Å². The van der Waals surface area contributed by atoms with Gasteiger partial charge in [-0.05, 0) is 31.0 Å². The number of rotatable bonds is 6. The second kappa shape index (κ2) is 6.55. The van der Waals surface area contributed by atoms with Gasteiger partial charge in [0.1, 0.15) is 0 Å². The SMILES string of the molecule is C#CC(CCC)NS(=O)(=O)c1cccc(C(=O)O)c1C. The number of carbonyl (C=O) groups is 1. The highest BCUT2D eigenvalue weighted by molar-refractivity contribution is 7.89. The van der Waals surface area contributed by atoms with Gasteiger partial charge in [-0.2, -0.15) is 4.72 Å². The van der Waals surface area contributed by atoms with Crippen LogP contribution in [0.3, 0.4) is 0 Å². The summed E-state index contributed by atoms with van der Waals surface area (Å²) in [5.41, 5.74) is 0.153. The van der Waals surface area contributed by atoms with E-state index in [-0.39, 0.29) is 16.0 Å². The molecule has 1 aromatic rings. The van der Waals surface area contributed by atoms with Crippen molar-refractivity contribution in [3.8, 4) is 12.3 Å². The van der Waals surface area contributed by atoms with Crippen LogP contribution >= 0.6 is 0 Å². The zero-order chi connectivity index (χ0) is 15.3. The fourth-order valence-electron chi connectivity index (χ4n) is 1.85. The van der Waals surface area contributed by atoms with Crippen molar-refractivity contribution in [1.82, 2.24) is 4.72 Å². The largest absolute Gasteiger partial charge is 0.478 e. The van der Waals surface area contributed by atoms with E-state index in [0.717, 1.165) is 6.42 Å². The summed E-state index contributed by atoms with van der Waals surface area (Å²) in [4.78, 5) is 11.0. The minimum Gasteiger partial charge on any atom is -0.478 e. The minimum absolute atomic E-state index is 0.0411. The summed E-state index contributed by atoms with van der Waals surface area (Å²) in [6, 6.07) is 3.53. The van der Waals surface area contributed by atoms with Crippen LogP contribution in [0.4, 0.5) is 0 Å². The molecule has 1 atom stereocenters. The molecule has 0 heterocycles. The van der Waals surface area contributed by atoms with Gasteiger partial charge in [0.2, 0.25) is 10.0 Å². The van der Waals surface area contributed by atoms with Gasteiger partial charge in [0.25, 0.3) is 0 Å². The monoisotopic (exact) mass is 295 g/mol. The number of aromatic carboxylic acids is 1. The maximum absolute atomic E-state index is 12.3. The third-order valence-corrected chi connectivity index (χ3v) is 4.50. The van der Waals surface area contributed by atoms with Gasteiger partial charge in [-0.1, -0.05) is 25.3 Å². The molecule has 0 bridgehead atoms. The molecule has 1 unspecified atom stereocenters. The molecule has 0 aromatic heterocycles. The van der Waals surface area contributed by atoms with E-state index >= 15 is 0 Å². The summed E-state index contributed by atoms with van der Waals surface area (Å²) in [6.07, 6.45) is 6.55. The van der Waals surface area contributed by atoms with E-state index in [1.165, 1.54) is 25.1 Å². The number of carboxylic acid groups (broad SMARTS) is 1. The van der Waals surface area contributed by atoms with E-state index in [0.29, 0.717) is 6.42 Å². The van der Waals surface area contributed by atoms with E-state index in [4.69, 9.17) is 11.5 Å². The Bertz CT molecular complexity index is 644. The molecular formula is C14H17NO4S. The molecule has 0 saturated carbocycles. The molecule has 0 aliphatic rings. The highest BCUT2D eigenvalue weighted by atomic mass is 32.2. The van der Waals surface area contributed by atoms with Crippen molar-refractivity contribution in [2.75, 3.05) is 0 Å². The maximum Gasteiger partial charge on any atom is 0.335 e. The normalized spacial score (nSPS) is 12.7. The zero-order valence-corrected chi connectivity index (χ0v) is 12.2. The molecule has 1 rings (SSSR count). The van der Waals surface area contributed by atoms with E-state index in [1.54, 1.807) is 0 Å². The second-order valence-electron chi connectivity index (χ2n) is 4.36. The highest BCUT2D eigenvalue weighted by Gasteiger charge is 2.22. The van der Waals surface area contributed by atoms with Gasteiger partial charge in [-0.15, -0.1) is 6.42 Å². The second-order valence-corrected chi connectivity index (χ2v) is 6.05. The van der Waals surface area contributed by atoms with Gasteiger partial charge in [-0.3, -0.25) is 0 Å². The lowest BCUT2D eigenvalue weighted by Crippen LogP contribution is -2.34. The first-order valence-corrected chi connectivity index (χ1v) is 7.63. The number of terminal acetylenes is 1. The van der Waals surface area contributed by atoms with E-state index in [1.807, 2.05) is 6.92 Å². The Hall–Kier alpha value is -1.84. The van der Waals surface area contributed by atoms with Crippen LogP contribution in [-0.2, 0) is 10.0 Å². The summed E-state index contributed by atoms with van der Waals surface area (Å²) in [5, 5.41) is 9.02. The van der Waals surface area contributed by atoms with Crippen molar-refractivity contribution < 1.29 is 18.3 Å². The van der Waals surface area contributed by atoms with Crippen molar-refractivity contribution in [2.24, 2.45) is 0 Å². The Morgan fingerprint density at radius 1 is 1.50 bits per heavy atom. The molecule has 6 heteroatoms. The first kappa shape index (κ1) is 16.2. The Kier molecular flexibility index (Phi) is 5.31. The van der Waals surface area contributed by atoms with Crippen LogP contribution in [0.2, 0.25) is 0 Å². The third kappa shape index (κ3) is 3.59. The average molecular weight is 295 g/mol. The van der Waals surface area contributed by atoms with Gasteiger partial charge < -0.3 is 5.11 Å². The number of benzene rings is 1. The molecule has 0 aliphatic carbocycles. The van der Waals surface area contributed by atoms with Crippen molar-refractivity contribution in [1.29, 1.82) is 0 Å². The van der Waals surface area contributed by atoms with Crippen molar-refractivity contribution in [3.05, 3.63) is 29.3 Å². The molecule has 20 heavy (non-hydrogen) atoms. The van der Waals surface area contributed by atoms with Gasteiger partial charge in [0.15, 0.2) is 0 Å². The van der Waals surface area contributed by atoms with Gasteiger partial charge >= 0.3 is 5.97 Å². The van der Waals surface area contributed by atoms with Crippen molar-refractivity contribution >= 4 is 16.0 Å². The van der Waals surface area contributed by atoms with E-state index < -0.39 is 22.0 Å². The number of hydrogen-bond donors (Lipinski definition) is 2. The Balaban J connectivity index is 3.20. The smallest absolute Gasteiger partial charge is 0.335 e. The number of hydrogen-bond acceptors (Lipinski definition) is 3. The molecule has 1 aromatic carbocycles. The molecule has 0 radical (unpaired) electrons. The van der Waals surface area contributed by atoms with Gasteiger partial charge in [0.05, 0.1) is 16.5 Å². The number of sulfonamides is 1. The van der Waals surface area contributed by atoms with Crippen LogP contribution in [0.15, 0.2) is 23.1 Å². The quantitative estimate of drug-likeness (QED) is 0.783. The van der Waals surface area contributed by atoms with Crippen LogP contribution in [0.5, 0.6) is 0 Å². The predicted molar refractivity (Wildman–Crippen MR) is 76.0 cm³/mol. The third-order valence-electron chi connectivity index (χ3n) is 2.88. The Labute approximate surface area is 119 Å². The van der Waals surface area contributed by atoms with Crippen LogP contribution in [0.25, 0.3) is 0 Å². The topological polar surface area (TPSA) is 83.5 Å². The first-order valence-electron chi connectivity index (χ1n) is 6.14. The summed E-state index contributed by atoms with van der Waals surface area (Å²) < 4.78 is 27.0. The lowest BCUT2D eigenvalue weighted by atomic mass is 10.1. The molecule has 108 valence electrons. The van der Waals surface area contributed by atoms with E-state index in [9.17, 15) is 13.2 Å². The number of nitrogens with one attached hydrogen (secondary N) is 1. The summed E-state index contributed by atoms with van der Waals surface area (Å²) in [5.74, 6) is 1.21. The lowest BCUT2D eigenvalue weighted by molar-refractivity contribution is 0.0696. The van der Waals surface area contributed by atoms with Crippen molar-refractivity contribution in [3.63, 3.8) is 0 Å². The fraction of sp³-hybridized carbons (Fsp3) is 0.357. The summed E-state index contributed by atoms with van der Waals surface area (Å²) >= 11 is 0. The standard InChI is InChI=1S/C14H17NO4S/c1-4-7-11(5-2)15-20(18,19)13-9-6-8-12(10(13)3)14(16)17/h2,6,8-9,11,15H,4,7H2,1,3H3,(H,16,17). The number of carboxylic acids is 1. The first-order chi connectivity index (χ1) is 9.33. The van der Waals surface area contributed by atoms with Crippen LogP contribution in [-0.4, -0.2) is 25.5 Å². The molecule has 5 nitrogen and oxygen atoms in total. The van der Waals surface area contributed by atoms with Gasteiger partial charge in [0, 0.05) is 0 Å². The fourth-order valence-corrected chi connectivity index (χ4v) is 3.31. The highest BCUT2D eigenvalue weighted by Crippen LogP contribution is 2.19. The van der Waals surface area contributed by atoms with Crippen LogP contribution in [0.1, 0.15) is 35.7 Å². The summed E-state index contributed by atoms with van der Waals surface area (Å²) in [7, 11) is -3.84. The lowest BCUT2D eigenvalue weighted by Gasteiger charge is -2.15. The van der Waals surface area contributed by atoms with Gasteiger partial charge in [-0.25, -0.2) is 13.2 Å². The van der Waals surface area contributed by atoms with Crippen molar-refractivity contribution in [2.45, 2.75) is 37.6 Å². The van der Waals surface area contributed by atoms with E-state index in [2.05, 4.69) is 10.6 Å². The maximum atomic E-state index is 12.3. The summed E-state index contributed by atoms with van der Waals surface area (Å²) in [6.45, 7) is 3.36. The molecule has 0 fully saturated rings. The Morgan fingerprint density at radius 2 is 2.15 bits per heavy atom. The molecule has 0 amide bonds. The molecule has 2 N–H and O–H groups in total. The average Bonchev–Trinajstić information content (AvgIpc) is 2.37. The minimum atomic E-state index is -3.84. The zero-order valence-electron chi connectivity index (χ0n) is 11.4. The molecular weight excluding hydrogens is 278 g/mol. The predicted octanol–water partition coefficient (Wildman–Crippen LogP) is 1.77. The molecule has 0 saturated heterocycles.